The zero-order valence-electron chi connectivity index (χ0n) is 13.0. The van der Waals surface area contributed by atoms with Crippen molar-refractivity contribution in [2.24, 2.45) is 0 Å². The number of imide groups is 1. The molecule has 0 saturated carbocycles. The number of nitrogens with zero attached hydrogens (tertiary/aromatic N) is 2. The second-order valence-electron chi connectivity index (χ2n) is 5.79. The summed E-state index contributed by atoms with van der Waals surface area (Å²) in [5, 5.41) is 0.592. The van der Waals surface area contributed by atoms with Crippen LogP contribution < -0.4 is 0 Å². The number of likely N-dealkylation sites (N-methyl/N-ethyl adjacent to an activating group) is 1. The van der Waals surface area contributed by atoms with Gasteiger partial charge >= 0.3 is 5.97 Å². The van der Waals surface area contributed by atoms with Gasteiger partial charge in [-0.25, -0.2) is 4.79 Å². The van der Waals surface area contributed by atoms with Crippen LogP contribution in [0.3, 0.4) is 0 Å². The van der Waals surface area contributed by atoms with Crippen molar-refractivity contribution in [3.63, 3.8) is 0 Å². The molecule has 1 aliphatic heterocycles. The number of carbonyl (C=O) groups is 3. The van der Waals surface area contributed by atoms with Crippen LogP contribution >= 0.6 is 0 Å². The van der Waals surface area contributed by atoms with Crippen LogP contribution in [0.5, 0.6) is 0 Å². The summed E-state index contributed by atoms with van der Waals surface area (Å²) >= 11 is 0. The molecule has 0 bridgehead atoms. The minimum Gasteiger partial charge on any atom is -0.328 e. The first-order valence-corrected chi connectivity index (χ1v) is 7.14. The molecule has 1 heterocycles. The summed E-state index contributed by atoms with van der Waals surface area (Å²) in [6.45, 7) is 1.73. The van der Waals surface area contributed by atoms with E-state index in [0.29, 0.717) is 11.5 Å². The highest BCUT2D eigenvalue weighted by Crippen LogP contribution is 2.23. The first-order chi connectivity index (χ1) is 10.3. The summed E-state index contributed by atoms with van der Waals surface area (Å²) in [7, 11) is 3.52. The van der Waals surface area contributed by atoms with E-state index >= 15 is 0 Å². The van der Waals surface area contributed by atoms with E-state index in [1.165, 1.54) is 0 Å². The summed E-state index contributed by atoms with van der Waals surface area (Å²) < 4.78 is 0. The molecule has 0 N–H and O–H groups in total. The fourth-order valence-corrected chi connectivity index (χ4v) is 2.25. The maximum absolute atomic E-state index is 12.5. The van der Waals surface area contributed by atoms with Crippen molar-refractivity contribution in [3.05, 3.63) is 35.9 Å². The van der Waals surface area contributed by atoms with Crippen LogP contribution in [0.15, 0.2) is 30.3 Å². The van der Waals surface area contributed by atoms with Gasteiger partial charge in [-0.15, -0.1) is 5.06 Å². The predicted octanol–water partition coefficient (Wildman–Crippen LogP) is 1.16. The van der Waals surface area contributed by atoms with Crippen LogP contribution in [-0.4, -0.2) is 47.4 Å². The third-order valence-electron chi connectivity index (χ3n) is 4.00. The lowest BCUT2D eigenvalue weighted by atomic mass is 9.92. The molecule has 2 rings (SSSR count). The molecule has 1 aliphatic rings. The van der Waals surface area contributed by atoms with E-state index in [9.17, 15) is 14.4 Å². The monoisotopic (exact) mass is 304 g/mol. The normalized spacial score (nSPS) is 17.7. The van der Waals surface area contributed by atoms with Gasteiger partial charge in [0.15, 0.2) is 0 Å². The smallest absolute Gasteiger partial charge is 0.328 e. The zero-order valence-corrected chi connectivity index (χ0v) is 13.0. The molecule has 1 aromatic rings. The Balaban J connectivity index is 2.17. The van der Waals surface area contributed by atoms with E-state index in [1.807, 2.05) is 30.3 Å². The second kappa shape index (κ2) is 6.27. The van der Waals surface area contributed by atoms with Gasteiger partial charge in [0, 0.05) is 19.3 Å². The molecular weight excluding hydrogens is 284 g/mol. The van der Waals surface area contributed by atoms with Crippen molar-refractivity contribution in [3.8, 4) is 0 Å². The lowest BCUT2D eigenvalue weighted by Gasteiger charge is -2.34. The molecule has 6 heteroatoms. The van der Waals surface area contributed by atoms with Crippen molar-refractivity contribution < 1.29 is 19.2 Å². The standard InChI is InChI=1S/C16H20N2O4/c1-16(17(2)3,11-12-7-5-4-6-8-12)15(21)22-18-13(19)9-10-14(18)20/h4-8H,9-11H2,1-3H3/t16-/m1/s1. The fraction of sp³-hybridized carbons (Fsp3) is 0.438. The molecule has 118 valence electrons. The van der Waals surface area contributed by atoms with Gasteiger partial charge in [0.1, 0.15) is 5.54 Å². The minimum absolute atomic E-state index is 0.0868. The maximum Gasteiger partial charge on any atom is 0.353 e. The van der Waals surface area contributed by atoms with Crippen LogP contribution in [0, 0.1) is 0 Å². The quantitative estimate of drug-likeness (QED) is 0.764. The molecule has 6 nitrogen and oxygen atoms in total. The van der Waals surface area contributed by atoms with Crippen molar-refractivity contribution in [1.29, 1.82) is 0 Å². The van der Waals surface area contributed by atoms with Gasteiger partial charge in [0.25, 0.3) is 11.8 Å². The fourth-order valence-electron chi connectivity index (χ4n) is 2.25. The van der Waals surface area contributed by atoms with Gasteiger partial charge in [0.05, 0.1) is 0 Å². The molecule has 0 spiro atoms. The van der Waals surface area contributed by atoms with E-state index in [-0.39, 0.29) is 12.8 Å². The SMILES string of the molecule is CN(C)[C@](C)(Cc1ccccc1)C(=O)ON1C(=O)CCC1=O. The van der Waals surface area contributed by atoms with Crippen LogP contribution in [-0.2, 0) is 25.6 Å². The second-order valence-corrected chi connectivity index (χ2v) is 5.79. The van der Waals surface area contributed by atoms with E-state index in [1.54, 1.807) is 25.9 Å². The van der Waals surface area contributed by atoms with Gasteiger partial charge in [0.2, 0.25) is 0 Å². The maximum atomic E-state index is 12.5. The topological polar surface area (TPSA) is 66.9 Å². The van der Waals surface area contributed by atoms with Crippen LogP contribution in [0.1, 0.15) is 25.3 Å². The Morgan fingerprint density at radius 1 is 1.18 bits per heavy atom. The summed E-state index contributed by atoms with van der Waals surface area (Å²) in [4.78, 5) is 42.5. The van der Waals surface area contributed by atoms with E-state index < -0.39 is 23.3 Å². The highest BCUT2D eigenvalue weighted by Gasteiger charge is 2.42. The Kier molecular flexibility index (Phi) is 4.61. The molecule has 1 fully saturated rings. The number of carbonyl (C=O) groups excluding carboxylic acids is 3. The number of hydrogen-bond acceptors (Lipinski definition) is 5. The predicted molar refractivity (Wildman–Crippen MR) is 79.4 cm³/mol. The van der Waals surface area contributed by atoms with E-state index in [4.69, 9.17) is 4.84 Å². The van der Waals surface area contributed by atoms with E-state index in [2.05, 4.69) is 0 Å². The largest absolute Gasteiger partial charge is 0.353 e. The summed E-state index contributed by atoms with van der Waals surface area (Å²) in [6.07, 6.45) is 0.586. The van der Waals surface area contributed by atoms with Gasteiger partial charge in [-0.05, 0) is 26.6 Å². The molecule has 1 atom stereocenters. The average molecular weight is 304 g/mol. The zero-order chi connectivity index (χ0) is 16.3. The first kappa shape index (κ1) is 16.2. The third-order valence-corrected chi connectivity index (χ3v) is 4.00. The number of benzene rings is 1. The van der Waals surface area contributed by atoms with Crippen molar-refractivity contribution >= 4 is 17.8 Å². The third kappa shape index (κ3) is 3.17. The number of hydroxylamine groups is 2. The van der Waals surface area contributed by atoms with Crippen LogP contribution in [0.25, 0.3) is 0 Å². The summed E-state index contributed by atoms with van der Waals surface area (Å²) in [6, 6.07) is 9.52. The highest BCUT2D eigenvalue weighted by molar-refractivity contribution is 6.02. The molecule has 1 saturated heterocycles. The molecular formula is C16H20N2O4. The Morgan fingerprint density at radius 2 is 1.73 bits per heavy atom. The summed E-state index contributed by atoms with van der Waals surface area (Å²) in [5.41, 5.74) is -0.0143. The summed E-state index contributed by atoms with van der Waals surface area (Å²) in [5.74, 6) is -1.57. The lowest BCUT2D eigenvalue weighted by Crippen LogP contribution is -2.53. The minimum atomic E-state index is -0.982. The molecule has 0 aliphatic carbocycles. The Labute approximate surface area is 129 Å². The van der Waals surface area contributed by atoms with Crippen molar-refractivity contribution in [1.82, 2.24) is 9.96 Å². The number of hydrogen-bond donors (Lipinski definition) is 0. The van der Waals surface area contributed by atoms with Gasteiger partial charge in [-0.2, -0.15) is 0 Å². The molecule has 1 aromatic carbocycles. The first-order valence-electron chi connectivity index (χ1n) is 7.14. The van der Waals surface area contributed by atoms with Gasteiger partial charge in [-0.3, -0.25) is 14.5 Å². The Bertz CT molecular complexity index is 569. The van der Waals surface area contributed by atoms with Crippen LogP contribution in [0.2, 0.25) is 0 Å². The number of amides is 2. The van der Waals surface area contributed by atoms with E-state index in [0.717, 1.165) is 5.56 Å². The molecule has 0 aromatic heterocycles. The Hall–Kier alpha value is -2.21. The number of rotatable bonds is 5. The average Bonchev–Trinajstić information content (AvgIpc) is 2.79. The molecule has 2 amide bonds. The molecule has 0 unspecified atom stereocenters. The van der Waals surface area contributed by atoms with Crippen molar-refractivity contribution in [2.75, 3.05) is 14.1 Å². The molecule has 22 heavy (non-hydrogen) atoms. The highest BCUT2D eigenvalue weighted by atomic mass is 16.7. The molecule has 0 radical (unpaired) electrons. The lowest BCUT2D eigenvalue weighted by molar-refractivity contribution is -0.205. The van der Waals surface area contributed by atoms with Gasteiger partial charge in [-0.1, -0.05) is 30.3 Å². The van der Waals surface area contributed by atoms with Gasteiger partial charge < -0.3 is 4.84 Å². The van der Waals surface area contributed by atoms with Crippen LogP contribution in [0.4, 0.5) is 0 Å². The Morgan fingerprint density at radius 3 is 2.23 bits per heavy atom. The van der Waals surface area contributed by atoms with Crippen molar-refractivity contribution in [2.45, 2.75) is 31.7 Å².